The molecular formula is C17H14N4O5. The Morgan fingerprint density at radius 3 is 2.62 bits per heavy atom. The lowest BCUT2D eigenvalue weighted by Gasteiger charge is -2.18. The van der Waals surface area contributed by atoms with E-state index in [1.165, 1.54) is 13.0 Å². The van der Waals surface area contributed by atoms with Crippen molar-refractivity contribution in [1.29, 1.82) is 0 Å². The minimum atomic E-state index is -1.18. The van der Waals surface area contributed by atoms with Gasteiger partial charge in [-0.3, -0.25) is 19.5 Å². The summed E-state index contributed by atoms with van der Waals surface area (Å²) in [5, 5.41) is 9.07. The molecule has 0 aliphatic carbocycles. The number of amides is 2. The van der Waals surface area contributed by atoms with Crippen LogP contribution >= 0.6 is 0 Å². The number of nitrogens with zero attached hydrogens (tertiary/aromatic N) is 3. The maximum Gasteiger partial charge on any atom is 0.344 e. The van der Waals surface area contributed by atoms with Crippen LogP contribution in [0.5, 0.6) is 5.75 Å². The predicted molar refractivity (Wildman–Crippen MR) is 91.7 cm³/mol. The highest BCUT2D eigenvalue weighted by atomic mass is 16.5. The van der Waals surface area contributed by atoms with E-state index in [1.807, 2.05) is 0 Å². The van der Waals surface area contributed by atoms with E-state index in [0.717, 1.165) is 4.90 Å². The fourth-order valence-electron chi connectivity index (χ4n) is 2.38. The van der Waals surface area contributed by atoms with E-state index in [-0.39, 0.29) is 11.4 Å². The van der Waals surface area contributed by atoms with Gasteiger partial charge >= 0.3 is 5.97 Å². The number of H-pyrrole nitrogens is 1. The number of aliphatic carboxylic acids is 1. The molecule has 2 aromatic heterocycles. The Hall–Kier alpha value is -3.75. The number of rotatable bonds is 7. The third-order valence-corrected chi connectivity index (χ3v) is 3.69. The summed E-state index contributed by atoms with van der Waals surface area (Å²) in [6, 6.07) is 6.48. The van der Waals surface area contributed by atoms with Crippen molar-refractivity contribution in [2.75, 3.05) is 4.90 Å². The van der Waals surface area contributed by atoms with E-state index in [0.29, 0.717) is 35.2 Å². The minimum Gasteiger partial charge on any atom is -0.479 e. The van der Waals surface area contributed by atoms with Crippen LogP contribution in [0.2, 0.25) is 0 Å². The third kappa shape index (κ3) is 3.22. The lowest BCUT2D eigenvalue weighted by atomic mass is 10.1. The first-order chi connectivity index (χ1) is 12.5. The Bertz CT molecular complexity index is 943. The van der Waals surface area contributed by atoms with Crippen LogP contribution in [-0.2, 0) is 14.4 Å². The molecule has 3 aromatic rings. The van der Waals surface area contributed by atoms with Gasteiger partial charge in [0.15, 0.2) is 11.8 Å². The van der Waals surface area contributed by atoms with Crippen molar-refractivity contribution in [1.82, 2.24) is 15.0 Å². The Morgan fingerprint density at radius 2 is 1.96 bits per heavy atom. The van der Waals surface area contributed by atoms with Crippen LogP contribution in [-0.4, -0.2) is 45.0 Å². The number of fused-ring (bicyclic) bond motifs is 1. The molecule has 2 amide bonds. The molecule has 9 nitrogen and oxygen atoms in total. The van der Waals surface area contributed by atoms with Crippen molar-refractivity contribution >= 4 is 35.6 Å². The molecule has 132 valence electrons. The number of anilines is 1. The molecular weight excluding hydrogens is 340 g/mol. The number of carbonyl (C=O) groups is 3. The molecule has 9 heteroatoms. The second kappa shape index (κ2) is 7.01. The number of hydrogen-bond acceptors (Lipinski definition) is 6. The first-order valence-electron chi connectivity index (χ1n) is 7.56. The molecule has 1 unspecified atom stereocenters. The third-order valence-electron chi connectivity index (χ3n) is 3.69. The van der Waals surface area contributed by atoms with Gasteiger partial charge in [-0.1, -0.05) is 6.07 Å². The summed E-state index contributed by atoms with van der Waals surface area (Å²) in [5.74, 6) is -1.10. The molecule has 0 aliphatic heterocycles. The molecule has 0 bridgehead atoms. The molecule has 1 aromatic carbocycles. The quantitative estimate of drug-likeness (QED) is 0.617. The topological polar surface area (TPSA) is 125 Å². The molecule has 3 rings (SSSR count). The fraction of sp³-hybridized carbons (Fsp3) is 0.118. The van der Waals surface area contributed by atoms with Gasteiger partial charge in [0.2, 0.25) is 12.8 Å². The van der Waals surface area contributed by atoms with Gasteiger partial charge < -0.3 is 14.8 Å². The predicted octanol–water partition coefficient (Wildman–Crippen LogP) is 1.60. The highest BCUT2D eigenvalue weighted by Gasteiger charge is 2.19. The van der Waals surface area contributed by atoms with Crippen molar-refractivity contribution < 1.29 is 24.2 Å². The number of hydrogen-bond donors (Lipinski definition) is 2. The Morgan fingerprint density at radius 1 is 1.23 bits per heavy atom. The average molecular weight is 354 g/mol. The van der Waals surface area contributed by atoms with Gasteiger partial charge in [-0.2, -0.15) is 0 Å². The van der Waals surface area contributed by atoms with E-state index < -0.39 is 12.1 Å². The maximum absolute atomic E-state index is 11.1. The number of nitrogens with one attached hydrogen (secondary N) is 1. The van der Waals surface area contributed by atoms with Crippen LogP contribution in [0.1, 0.15) is 6.92 Å². The number of aromatic nitrogens is 3. The smallest absolute Gasteiger partial charge is 0.344 e. The number of carbonyl (C=O) groups excluding carboxylic acids is 2. The Kier molecular flexibility index (Phi) is 4.61. The van der Waals surface area contributed by atoms with Gasteiger partial charge in [-0.25, -0.2) is 9.78 Å². The molecule has 2 N–H and O–H groups in total. The largest absolute Gasteiger partial charge is 0.479 e. The maximum atomic E-state index is 11.1. The highest BCUT2D eigenvalue weighted by Crippen LogP contribution is 2.33. The lowest BCUT2D eigenvalue weighted by molar-refractivity contribution is -0.144. The molecule has 0 spiro atoms. The molecule has 26 heavy (non-hydrogen) atoms. The van der Waals surface area contributed by atoms with Crippen LogP contribution in [0.3, 0.4) is 0 Å². The van der Waals surface area contributed by atoms with Crippen LogP contribution in [0, 0.1) is 0 Å². The lowest BCUT2D eigenvalue weighted by Crippen LogP contribution is -2.25. The number of carboxylic acid groups (broad SMARTS) is 1. The number of imide groups is 1. The molecule has 0 aliphatic rings. The zero-order chi connectivity index (χ0) is 18.7. The standard InChI is InChI=1S/C17H14N4O5/c1-10(17(24)25)26-15-6-11(2-3-14(15)21(8-22)9-23)12-7-13-16(20-12)19-5-4-18-13/h2-10H,1H3,(H,19,20)(H,24,25). The second-order valence-electron chi connectivity index (χ2n) is 5.37. The van der Waals surface area contributed by atoms with E-state index >= 15 is 0 Å². The average Bonchev–Trinajstić information content (AvgIpc) is 3.07. The number of benzene rings is 1. The SMILES string of the molecule is CC(Oc1cc(-c2cc3nccnc3[nH]2)ccc1N(C=O)C=O)C(=O)O. The highest BCUT2D eigenvalue weighted by molar-refractivity contribution is 5.98. The second-order valence-corrected chi connectivity index (χ2v) is 5.37. The first-order valence-corrected chi connectivity index (χ1v) is 7.56. The summed E-state index contributed by atoms with van der Waals surface area (Å²) in [4.78, 5) is 45.5. The van der Waals surface area contributed by atoms with Crippen molar-refractivity contribution in [2.24, 2.45) is 0 Å². The number of ether oxygens (including phenoxy) is 1. The normalized spacial score (nSPS) is 11.7. The van der Waals surface area contributed by atoms with Gasteiger partial charge in [0.05, 0.1) is 5.69 Å². The summed E-state index contributed by atoms with van der Waals surface area (Å²) in [6.45, 7) is 1.35. The van der Waals surface area contributed by atoms with E-state index in [4.69, 9.17) is 9.84 Å². The Balaban J connectivity index is 2.08. The van der Waals surface area contributed by atoms with Gasteiger partial charge in [-0.15, -0.1) is 0 Å². The van der Waals surface area contributed by atoms with Crippen LogP contribution in [0.15, 0.2) is 36.7 Å². The van der Waals surface area contributed by atoms with Crippen molar-refractivity contribution in [2.45, 2.75) is 13.0 Å². The van der Waals surface area contributed by atoms with Crippen molar-refractivity contribution in [3.63, 3.8) is 0 Å². The molecule has 0 fully saturated rings. The summed E-state index contributed by atoms with van der Waals surface area (Å²) in [7, 11) is 0. The van der Waals surface area contributed by atoms with Crippen LogP contribution in [0.25, 0.3) is 22.4 Å². The monoisotopic (exact) mass is 354 g/mol. The van der Waals surface area contributed by atoms with Gasteiger partial charge in [0, 0.05) is 23.7 Å². The van der Waals surface area contributed by atoms with Gasteiger partial charge in [0.25, 0.3) is 0 Å². The van der Waals surface area contributed by atoms with Crippen LogP contribution < -0.4 is 9.64 Å². The molecule has 0 saturated heterocycles. The zero-order valence-electron chi connectivity index (χ0n) is 13.6. The van der Waals surface area contributed by atoms with Crippen molar-refractivity contribution in [3.8, 4) is 17.0 Å². The number of carboxylic acids is 1. The van der Waals surface area contributed by atoms with Gasteiger partial charge in [-0.05, 0) is 25.1 Å². The Labute approximate surface area is 147 Å². The van der Waals surface area contributed by atoms with E-state index in [2.05, 4.69) is 15.0 Å². The van der Waals surface area contributed by atoms with Crippen molar-refractivity contribution in [3.05, 3.63) is 36.7 Å². The summed E-state index contributed by atoms with van der Waals surface area (Å²) in [5.41, 5.74) is 2.72. The van der Waals surface area contributed by atoms with E-state index in [1.54, 1.807) is 30.6 Å². The molecule has 0 radical (unpaired) electrons. The van der Waals surface area contributed by atoms with Crippen LogP contribution in [0.4, 0.5) is 5.69 Å². The van der Waals surface area contributed by atoms with Gasteiger partial charge in [0.1, 0.15) is 11.3 Å². The van der Waals surface area contributed by atoms with E-state index in [9.17, 15) is 14.4 Å². The zero-order valence-corrected chi connectivity index (χ0v) is 13.6. The molecule has 0 saturated carbocycles. The fourth-order valence-corrected chi connectivity index (χ4v) is 2.38. The first kappa shape index (κ1) is 17.1. The minimum absolute atomic E-state index is 0.0798. The summed E-state index contributed by atoms with van der Waals surface area (Å²) >= 11 is 0. The summed E-state index contributed by atoms with van der Waals surface area (Å²) < 4.78 is 5.42. The summed E-state index contributed by atoms with van der Waals surface area (Å²) in [6.07, 6.45) is 2.59. The molecule has 2 heterocycles. The molecule has 1 atom stereocenters. The number of aromatic amines is 1.